The van der Waals surface area contributed by atoms with Gasteiger partial charge in [0.2, 0.25) is 0 Å². The Labute approximate surface area is 108 Å². The van der Waals surface area contributed by atoms with Gasteiger partial charge in [0.1, 0.15) is 0 Å². The Balaban J connectivity index is 1.85. The first kappa shape index (κ1) is 13.0. The number of aromatic nitrogens is 1. The zero-order valence-electron chi connectivity index (χ0n) is 11.1. The lowest BCUT2D eigenvalue weighted by atomic mass is 10.0. The predicted octanol–water partition coefficient (Wildman–Crippen LogP) is 2.27. The van der Waals surface area contributed by atoms with Crippen LogP contribution in [0.3, 0.4) is 0 Å². The molecule has 1 saturated heterocycles. The van der Waals surface area contributed by atoms with E-state index >= 15 is 0 Å². The molecule has 1 N–H and O–H groups in total. The van der Waals surface area contributed by atoms with Crippen LogP contribution in [0, 0.1) is 12.8 Å². The van der Waals surface area contributed by atoms with Gasteiger partial charge in [0.25, 0.3) is 0 Å². The van der Waals surface area contributed by atoms with Gasteiger partial charge in [-0.05, 0) is 19.3 Å². The van der Waals surface area contributed by atoms with E-state index in [1.54, 1.807) is 11.3 Å². The number of nitrogens with one attached hydrogen (secondary N) is 1. The molecule has 0 aliphatic carbocycles. The van der Waals surface area contributed by atoms with Crippen LogP contribution in [0.25, 0.3) is 0 Å². The third kappa shape index (κ3) is 4.05. The van der Waals surface area contributed by atoms with Crippen molar-refractivity contribution >= 4 is 11.3 Å². The molecule has 1 aliphatic rings. The van der Waals surface area contributed by atoms with Crippen LogP contribution in [0.2, 0.25) is 0 Å². The summed E-state index contributed by atoms with van der Waals surface area (Å²) in [6.45, 7) is 11.1. The van der Waals surface area contributed by atoms with Crippen molar-refractivity contribution < 1.29 is 0 Å². The van der Waals surface area contributed by atoms with Crippen molar-refractivity contribution in [2.75, 3.05) is 19.6 Å². The van der Waals surface area contributed by atoms with Gasteiger partial charge in [-0.3, -0.25) is 4.90 Å². The SMILES string of the molecule is Cc1nc(CN2CCNC(CC(C)C)C2)cs1. The fourth-order valence-electron chi connectivity index (χ4n) is 2.47. The van der Waals surface area contributed by atoms with Crippen LogP contribution in [0.4, 0.5) is 0 Å². The van der Waals surface area contributed by atoms with E-state index in [-0.39, 0.29) is 0 Å². The smallest absolute Gasteiger partial charge is 0.0897 e. The van der Waals surface area contributed by atoms with E-state index in [4.69, 9.17) is 0 Å². The second kappa shape index (κ2) is 5.94. The van der Waals surface area contributed by atoms with Gasteiger partial charge in [-0.15, -0.1) is 11.3 Å². The Morgan fingerprint density at radius 2 is 2.41 bits per heavy atom. The molecular weight excluding hydrogens is 230 g/mol. The van der Waals surface area contributed by atoms with Crippen molar-refractivity contribution in [2.45, 2.75) is 39.8 Å². The summed E-state index contributed by atoms with van der Waals surface area (Å²) in [7, 11) is 0. The molecule has 1 unspecified atom stereocenters. The molecule has 0 spiro atoms. The number of hydrogen-bond acceptors (Lipinski definition) is 4. The van der Waals surface area contributed by atoms with E-state index in [9.17, 15) is 0 Å². The minimum atomic E-state index is 0.656. The number of thiazole rings is 1. The van der Waals surface area contributed by atoms with E-state index in [0.717, 1.165) is 32.1 Å². The average molecular weight is 253 g/mol. The van der Waals surface area contributed by atoms with Crippen LogP contribution in [0.15, 0.2) is 5.38 Å². The van der Waals surface area contributed by atoms with Gasteiger partial charge in [0.15, 0.2) is 0 Å². The highest BCUT2D eigenvalue weighted by Gasteiger charge is 2.20. The number of rotatable bonds is 4. The number of piperazine rings is 1. The molecule has 0 bridgehead atoms. The second-order valence-electron chi connectivity index (χ2n) is 5.37. The highest BCUT2D eigenvalue weighted by Crippen LogP contribution is 2.14. The monoisotopic (exact) mass is 253 g/mol. The van der Waals surface area contributed by atoms with Gasteiger partial charge < -0.3 is 5.32 Å². The summed E-state index contributed by atoms with van der Waals surface area (Å²) in [5.41, 5.74) is 1.23. The molecule has 1 aliphatic heterocycles. The van der Waals surface area contributed by atoms with Crippen LogP contribution in [-0.4, -0.2) is 35.6 Å². The van der Waals surface area contributed by atoms with Crippen molar-refractivity contribution in [1.29, 1.82) is 0 Å². The van der Waals surface area contributed by atoms with Crippen LogP contribution in [0.1, 0.15) is 31.0 Å². The van der Waals surface area contributed by atoms with Gasteiger partial charge in [-0.2, -0.15) is 0 Å². The van der Waals surface area contributed by atoms with Gasteiger partial charge in [-0.25, -0.2) is 4.98 Å². The maximum atomic E-state index is 4.55. The standard InChI is InChI=1S/C13H23N3S/c1-10(2)6-12-7-16(5-4-14-12)8-13-9-17-11(3)15-13/h9-10,12,14H,4-8H2,1-3H3. The molecule has 0 radical (unpaired) electrons. The molecule has 0 saturated carbocycles. The van der Waals surface area contributed by atoms with Crippen LogP contribution < -0.4 is 5.32 Å². The predicted molar refractivity (Wildman–Crippen MR) is 73.4 cm³/mol. The fraction of sp³-hybridized carbons (Fsp3) is 0.769. The first-order chi connectivity index (χ1) is 8.13. The Kier molecular flexibility index (Phi) is 4.54. The molecule has 96 valence electrons. The Morgan fingerprint density at radius 3 is 3.06 bits per heavy atom. The molecule has 0 amide bonds. The Bertz CT molecular complexity index is 348. The molecular formula is C13H23N3S. The molecule has 1 atom stereocenters. The van der Waals surface area contributed by atoms with E-state index in [1.807, 2.05) is 0 Å². The first-order valence-electron chi connectivity index (χ1n) is 6.50. The molecule has 1 aromatic heterocycles. The topological polar surface area (TPSA) is 28.2 Å². The molecule has 2 rings (SSSR count). The Morgan fingerprint density at radius 1 is 1.59 bits per heavy atom. The molecule has 17 heavy (non-hydrogen) atoms. The fourth-order valence-corrected chi connectivity index (χ4v) is 3.08. The van der Waals surface area contributed by atoms with Crippen molar-refractivity contribution in [3.63, 3.8) is 0 Å². The highest BCUT2D eigenvalue weighted by atomic mass is 32.1. The number of aryl methyl sites for hydroxylation is 1. The van der Waals surface area contributed by atoms with Crippen molar-refractivity contribution in [3.05, 3.63) is 16.1 Å². The third-order valence-electron chi connectivity index (χ3n) is 3.15. The summed E-state index contributed by atoms with van der Waals surface area (Å²) in [5.74, 6) is 0.772. The largest absolute Gasteiger partial charge is 0.311 e. The van der Waals surface area contributed by atoms with E-state index in [1.165, 1.54) is 17.1 Å². The van der Waals surface area contributed by atoms with Crippen molar-refractivity contribution in [1.82, 2.24) is 15.2 Å². The van der Waals surface area contributed by atoms with Crippen LogP contribution >= 0.6 is 11.3 Å². The lowest BCUT2D eigenvalue weighted by Gasteiger charge is -2.34. The first-order valence-corrected chi connectivity index (χ1v) is 7.38. The lowest BCUT2D eigenvalue weighted by molar-refractivity contribution is 0.178. The summed E-state index contributed by atoms with van der Waals surface area (Å²) in [5, 5.41) is 6.98. The molecule has 0 aromatic carbocycles. The maximum Gasteiger partial charge on any atom is 0.0897 e. The molecule has 2 heterocycles. The van der Waals surface area contributed by atoms with E-state index < -0.39 is 0 Å². The summed E-state index contributed by atoms with van der Waals surface area (Å²) in [6.07, 6.45) is 1.27. The van der Waals surface area contributed by atoms with Crippen molar-refractivity contribution in [3.8, 4) is 0 Å². The quantitative estimate of drug-likeness (QED) is 0.892. The molecule has 1 fully saturated rings. The second-order valence-corrected chi connectivity index (χ2v) is 6.44. The average Bonchev–Trinajstić information content (AvgIpc) is 2.63. The zero-order chi connectivity index (χ0) is 12.3. The minimum absolute atomic E-state index is 0.656. The summed E-state index contributed by atoms with van der Waals surface area (Å²) >= 11 is 1.75. The third-order valence-corrected chi connectivity index (χ3v) is 3.97. The number of hydrogen-bond donors (Lipinski definition) is 1. The Hall–Kier alpha value is -0.450. The van der Waals surface area contributed by atoms with E-state index in [2.05, 4.69) is 41.4 Å². The van der Waals surface area contributed by atoms with Crippen LogP contribution in [-0.2, 0) is 6.54 Å². The molecule has 1 aromatic rings. The van der Waals surface area contributed by atoms with Gasteiger partial charge in [-0.1, -0.05) is 13.8 Å². The lowest BCUT2D eigenvalue weighted by Crippen LogP contribution is -2.50. The van der Waals surface area contributed by atoms with Crippen LogP contribution in [0.5, 0.6) is 0 Å². The summed E-state index contributed by atoms with van der Waals surface area (Å²) in [6, 6.07) is 0.656. The highest BCUT2D eigenvalue weighted by molar-refractivity contribution is 7.09. The van der Waals surface area contributed by atoms with E-state index in [0.29, 0.717) is 6.04 Å². The summed E-state index contributed by atoms with van der Waals surface area (Å²) < 4.78 is 0. The zero-order valence-corrected chi connectivity index (χ0v) is 11.9. The maximum absolute atomic E-state index is 4.55. The van der Waals surface area contributed by atoms with Crippen molar-refractivity contribution in [2.24, 2.45) is 5.92 Å². The van der Waals surface area contributed by atoms with Gasteiger partial charge in [0, 0.05) is 37.6 Å². The molecule has 4 heteroatoms. The molecule has 3 nitrogen and oxygen atoms in total. The number of nitrogens with zero attached hydrogens (tertiary/aromatic N) is 2. The normalized spacial score (nSPS) is 22.2. The van der Waals surface area contributed by atoms with Gasteiger partial charge >= 0.3 is 0 Å². The summed E-state index contributed by atoms with van der Waals surface area (Å²) in [4.78, 5) is 7.07. The minimum Gasteiger partial charge on any atom is -0.311 e. The van der Waals surface area contributed by atoms with Gasteiger partial charge in [0.05, 0.1) is 10.7 Å².